The van der Waals surface area contributed by atoms with E-state index in [4.69, 9.17) is 16.3 Å². The third kappa shape index (κ3) is 4.53. The molecule has 2 aromatic carbocycles. The van der Waals surface area contributed by atoms with Crippen molar-refractivity contribution in [3.63, 3.8) is 0 Å². The van der Waals surface area contributed by atoms with Crippen LogP contribution in [-0.4, -0.2) is 17.8 Å². The van der Waals surface area contributed by atoms with E-state index in [0.717, 1.165) is 6.07 Å². The van der Waals surface area contributed by atoms with Crippen LogP contribution in [0.15, 0.2) is 42.5 Å². The number of ketones is 1. The molecule has 0 saturated carbocycles. The van der Waals surface area contributed by atoms with Gasteiger partial charge in [-0.25, -0.2) is 4.39 Å². The highest BCUT2D eigenvalue weighted by atomic mass is 35.5. The number of hydrogen-bond donors (Lipinski definition) is 1. The first-order valence-electron chi connectivity index (χ1n) is 6.90. The van der Waals surface area contributed by atoms with Crippen molar-refractivity contribution in [3.05, 3.63) is 58.9 Å². The Bertz CT molecular complexity index is 731. The topological polar surface area (TPSA) is 55.4 Å². The van der Waals surface area contributed by atoms with E-state index in [0.29, 0.717) is 17.0 Å². The lowest BCUT2D eigenvalue weighted by Crippen LogP contribution is -2.30. The van der Waals surface area contributed by atoms with Crippen LogP contribution in [-0.2, 0) is 4.79 Å². The van der Waals surface area contributed by atoms with Gasteiger partial charge in [-0.15, -0.1) is 0 Å². The molecule has 0 aliphatic carbocycles. The molecule has 23 heavy (non-hydrogen) atoms. The summed E-state index contributed by atoms with van der Waals surface area (Å²) in [7, 11) is 0. The molecule has 0 aliphatic rings. The highest BCUT2D eigenvalue weighted by molar-refractivity contribution is 6.33. The Labute approximate surface area is 138 Å². The molecule has 0 bridgehead atoms. The minimum atomic E-state index is -0.792. The summed E-state index contributed by atoms with van der Waals surface area (Å²) < 4.78 is 18.5. The molecule has 0 spiro atoms. The van der Waals surface area contributed by atoms with Crippen LogP contribution in [0.1, 0.15) is 24.2 Å². The molecular formula is C17H15ClFNO3. The molecular weight excluding hydrogens is 321 g/mol. The largest absolute Gasteiger partial charge is 0.481 e. The minimum absolute atomic E-state index is 0.0479. The normalized spacial score (nSPS) is 11.7. The van der Waals surface area contributed by atoms with Crippen LogP contribution >= 0.6 is 11.6 Å². The average Bonchev–Trinajstić information content (AvgIpc) is 2.50. The van der Waals surface area contributed by atoms with E-state index in [2.05, 4.69) is 5.32 Å². The second-order valence-corrected chi connectivity index (χ2v) is 5.36. The fraction of sp³-hybridized carbons (Fsp3) is 0.176. The third-order valence-corrected chi connectivity index (χ3v) is 3.44. The number of amides is 1. The van der Waals surface area contributed by atoms with E-state index in [9.17, 15) is 14.0 Å². The van der Waals surface area contributed by atoms with Gasteiger partial charge < -0.3 is 10.1 Å². The number of carbonyl (C=O) groups is 2. The lowest BCUT2D eigenvalue weighted by Gasteiger charge is -2.15. The van der Waals surface area contributed by atoms with Gasteiger partial charge in [0.2, 0.25) is 0 Å². The number of carbonyl (C=O) groups excluding carboxylic acids is 2. The third-order valence-electron chi connectivity index (χ3n) is 3.13. The van der Waals surface area contributed by atoms with Gasteiger partial charge in [0.15, 0.2) is 11.9 Å². The maximum Gasteiger partial charge on any atom is 0.265 e. The van der Waals surface area contributed by atoms with Crippen LogP contribution in [0.4, 0.5) is 10.1 Å². The van der Waals surface area contributed by atoms with Crippen molar-refractivity contribution in [3.8, 4) is 5.75 Å². The Morgan fingerprint density at radius 2 is 1.83 bits per heavy atom. The molecule has 1 N–H and O–H groups in total. The number of rotatable bonds is 5. The quantitative estimate of drug-likeness (QED) is 0.837. The van der Waals surface area contributed by atoms with E-state index in [1.54, 1.807) is 31.2 Å². The highest BCUT2D eigenvalue weighted by Crippen LogP contribution is 2.23. The predicted octanol–water partition coefficient (Wildman–Crippen LogP) is 4.09. The Kier molecular flexibility index (Phi) is 5.34. The zero-order valence-electron chi connectivity index (χ0n) is 12.6. The Morgan fingerprint density at radius 1 is 1.17 bits per heavy atom. The molecule has 1 atom stereocenters. The van der Waals surface area contributed by atoms with Crippen LogP contribution in [0.25, 0.3) is 0 Å². The van der Waals surface area contributed by atoms with Gasteiger partial charge >= 0.3 is 0 Å². The number of halogens is 2. The molecule has 120 valence electrons. The molecule has 0 radical (unpaired) electrons. The molecule has 0 aliphatic heterocycles. The van der Waals surface area contributed by atoms with Gasteiger partial charge in [0.1, 0.15) is 11.6 Å². The number of anilines is 1. The van der Waals surface area contributed by atoms with Gasteiger partial charge in [-0.2, -0.15) is 0 Å². The molecule has 1 amide bonds. The zero-order chi connectivity index (χ0) is 17.0. The molecule has 6 heteroatoms. The SMILES string of the molecule is CC(=O)c1ccc(O[C@@H](C)C(=O)Nc2ccc(F)cc2Cl)cc1. The summed E-state index contributed by atoms with van der Waals surface area (Å²) in [6, 6.07) is 10.2. The van der Waals surface area contributed by atoms with Gasteiger partial charge in [0, 0.05) is 5.56 Å². The number of ether oxygens (including phenoxy) is 1. The van der Waals surface area contributed by atoms with Gasteiger partial charge in [-0.3, -0.25) is 9.59 Å². The first kappa shape index (κ1) is 17.0. The average molecular weight is 336 g/mol. The second kappa shape index (κ2) is 7.24. The Hall–Kier alpha value is -2.40. The van der Waals surface area contributed by atoms with Gasteiger partial charge in [0.05, 0.1) is 10.7 Å². The number of nitrogens with one attached hydrogen (secondary N) is 1. The smallest absolute Gasteiger partial charge is 0.265 e. The fourth-order valence-electron chi connectivity index (χ4n) is 1.85. The Morgan fingerprint density at radius 3 is 2.39 bits per heavy atom. The van der Waals surface area contributed by atoms with Crippen molar-refractivity contribution in [2.45, 2.75) is 20.0 Å². The minimum Gasteiger partial charge on any atom is -0.481 e. The van der Waals surface area contributed by atoms with Crippen molar-refractivity contribution < 1.29 is 18.7 Å². The van der Waals surface area contributed by atoms with Crippen molar-refractivity contribution in [1.82, 2.24) is 0 Å². The molecule has 2 aromatic rings. The number of benzene rings is 2. The molecule has 0 unspecified atom stereocenters. The second-order valence-electron chi connectivity index (χ2n) is 4.95. The molecule has 2 rings (SSSR count). The van der Waals surface area contributed by atoms with Gasteiger partial charge in [-0.1, -0.05) is 11.6 Å². The molecule has 0 fully saturated rings. The van der Waals surface area contributed by atoms with E-state index in [-0.39, 0.29) is 10.8 Å². The van der Waals surface area contributed by atoms with Crippen LogP contribution in [0.3, 0.4) is 0 Å². The van der Waals surface area contributed by atoms with Crippen LogP contribution in [0.2, 0.25) is 5.02 Å². The van der Waals surface area contributed by atoms with Crippen molar-refractivity contribution >= 4 is 29.0 Å². The maximum absolute atomic E-state index is 13.0. The summed E-state index contributed by atoms with van der Waals surface area (Å²) in [6.07, 6.45) is -0.792. The lowest BCUT2D eigenvalue weighted by atomic mass is 10.1. The first-order valence-corrected chi connectivity index (χ1v) is 7.28. The summed E-state index contributed by atoms with van der Waals surface area (Å²) in [5, 5.41) is 2.68. The van der Waals surface area contributed by atoms with Crippen molar-refractivity contribution in [2.24, 2.45) is 0 Å². The monoisotopic (exact) mass is 335 g/mol. The predicted molar refractivity (Wildman–Crippen MR) is 86.6 cm³/mol. The van der Waals surface area contributed by atoms with Crippen LogP contribution in [0.5, 0.6) is 5.75 Å². The lowest BCUT2D eigenvalue weighted by molar-refractivity contribution is -0.122. The van der Waals surface area contributed by atoms with Gasteiger partial charge in [-0.05, 0) is 56.3 Å². The summed E-state index contributed by atoms with van der Waals surface area (Å²) in [5.41, 5.74) is 0.869. The molecule has 0 saturated heterocycles. The number of hydrogen-bond acceptors (Lipinski definition) is 3. The van der Waals surface area contributed by atoms with E-state index in [1.165, 1.54) is 19.1 Å². The maximum atomic E-state index is 13.0. The Balaban J connectivity index is 2.00. The summed E-state index contributed by atoms with van der Waals surface area (Å²) in [5.74, 6) is -0.492. The highest BCUT2D eigenvalue weighted by Gasteiger charge is 2.16. The first-order chi connectivity index (χ1) is 10.9. The molecule has 4 nitrogen and oxygen atoms in total. The standard InChI is InChI=1S/C17H15ClFNO3/c1-10(21)12-3-6-14(7-4-12)23-11(2)17(22)20-16-8-5-13(19)9-15(16)18/h3-9,11H,1-2H3,(H,20,22)/t11-/m0/s1. The van der Waals surface area contributed by atoms with E-state index >= 15 is 0 Å². The summed E-state index contributed by atoms with van der Waals surface area (Å²) >= 11 is 5.86. The summed E-state index contributed by atoms with van der Waals surface area (Å²) in [4.78, 5) is 23.3. The van der Waals surface area contributed by atoms with Crippen LogP contribution < -0.4 is 10.1 Å². The van der Waals surface area contributed by atoms with E-state index < -0.39 is 17.8 Å². The zero-order valence-corrected chi connectivity index (χ0v) is 13.4. The summed E-state index contributed by atoms with van der Waals surface area (Å²) in [6.45, 7) is 3.05. The number of Topliss-reactive ketones (excluding diaryl/α,β-unsaturated/α-hetero) is 1. The van der Waals surface area contributed by atoms with Crippen LogP contribution in [0, 0.1) is 5.82 Å². The fourth-order valence-corrected chi connectivity index (χ4v) is 2.07. The van der Waals surface area contributed by atoms with E-state index in [1.807, 2.05) is 0 Å². The molecule has 0 aromatic heterocycles. The van der Waals surface area contributed by atoms with Crippen molar-refractivity contribution in [1.29, 1.82) is 0 Å². The van der Waals surface area contributed by atoms with Crippen molar-refractivity contribution in [2.75, 3.05) is 5.32 Å². The van der Waals surface area contributed by atoms with Gasteiger partial charge in [0.25, 0.3) is 5.91 Å². The molecule has 0 heterocycles.